The molecule has 0 fully saturated rings. The standard InChI is InChI=1S/C18H20N4O/c1-13(2)22-12-21-16-8-14(5-6-17(16)22)9-18(23)20-11-15-4-3-7-19-10-15/h3-8,10,12-13H,9,11H2,1-2H3,(H,20,23). The molecule has 1 aromatic carbocycles. The summed E-state index contributed by atoms with van der Waals surface area (Å²) in [4.78, 5) is 20.5. The molecule has 0 saturated carbocycles. The summed E-state index contributed by atoms with van der Waals surface area (Å²) in [7, 11) is 0. The summed E-state index contributed by atoms with van der Waals surface area (Å²) < 4.78 is 2.13. The lowest BCUT2D eigenvalue weighted by molar-refractivity contribution is -0.120. The van der Waals surface area contributed by atoms with Gasteiger partial charge in [-0.1, -0.05) is 12.1 Å². The molecule has 1 N–H and O–H groups in total. The molecule has 2 heterocycles. The molecule has 0 spiro atoms. The van der Waals surface area contributed by atoms with Crippen molar-refractivity contribution in [2.24, 2.45) is 0 Å². The van der Waals surface area contributed by atoms with Crippen molar-refractivity contribution in [3.05, 3.63) is 60.2 Å². The maximum atomic E-state index is 12.1. The Kier molecular flexibility index (Phi) is 4.37. The Hall–Kier alpha value is -2.69. The Morgan fingerprint density at radius 1 is 1.26 bits per heavy atom. The second kappa shape index (κ2) is 6.60. The number of rotatable bonds is 5. The Bertz CT molecular complexity index is 808. The second-order valence-electron chi connectivity index (χ2n) is 5.88. The van der Waals surface area contributed by atoms with Crippen LogP contribution >= 0.6 is 0 Å². The highest BCUT2D eigenvalue weighted by Gasteiger charge is 2.08. The van der Waals surface area contributed by atoms with Gasteiger partial charge in [0.15, 0.2) is 0 Å². The van der Waals surface area contributed by atoms with Gasteiger partial charge in [0.2, 0.25) is 5.91 Å². The molecule has 0 bridgehead atoms. The fourth-order valence-electron chi connectivity index (χ4n) is 2.55. The van der Waals surface area contributed by atoms with Crippen molar-refractivity contribution in [2.75, 3.05) is 0 Å². The van der Waals surface area contributed by atoms with Crippen molar-refractivity contribution >= 4 is 16.9 Å². The van der Waals surface area contributed by atoms with Crippen LogP contribution in [0.5, 0.6) is 0 Å². The van der Waals surface area contributed by atoms with Crippen LogP contribution in [0, 0.1) is 0 Å². The maximum absolute atomic E-state index is 12.1. The average Bonchev–Trinajstić information content (AvgIpc) is 2.97. The first-order valence-electron chi connectivity index (χ1n) is 7.74. The molecule has 118 valence electrons. The minimum Gasteiger partial charge on any atom is -0.352 e. The van der Waals surface area contributed by atoms with Gasteiger partial charge in [-0.25, -0.2) is 4.98 Å². The fraction of sp³-hybridized carbons (Fsp3) is 0.278. The van der Waals surface area contributed by atoms with E-state index < -0.39 is 0 Å². The molecular formula is C18H20N4O. The zero-order chi connectivity index (χ0) is 16.2. The van der Waals surface area contributed by atoms with Crippen LogP contribution in [-0.4, -0.2) is 20.4 Å². The minimum absolute atomic E-state index is 0.00325. The number of hydrogen-bond acceptors (Lipinski definition) is 3. The summed E-state index contributed by atoms with van der Waals surface area (Å²) in [6.45, 7) is 4.75. The maximum Gasteiger partial charge on any atom is 0.224 e. The molecule has 5 nitrogen and oxygen atoms in total. The molecule has 23 heavy (non-hydrogen) atoms. The molecule has 5 heteroatoms. The normalized spacial score (nSPS) is 11.1. The molecule has 0 aliphatic carbocycles. The first-order chi connectivity index (χ1) is 11.1. The lowest BCUT2D eigenvalue weighted by Crippen LogP contribution is -2.24. The Labute approximate surface area is 135 Å². The van der Waals surface area contributed by atoms with Gasteiger partial charge >= 0.3 is 0 Å². The van der Waals surface area contributed by atoms with E-state index in [1.165, 1.54) is 0 Å². The summed E-state index contributed by atoms with van der Waals surface area (Å²) in [6.07, 6.45) is 5.67. The minimum atomic E-state index is -0.00325. The van der Waals surface area contributed by atoms with Gasteiger partial charge in [0, 0.05) is 25.0 Å². The monoisotopic (exact) mass is 308 g/mol. The van der Waals surface area contributed by atoms with E-state index >= 15 is 0 Å². The highest BCUT2D eigenvalue weighted by molar-refractivity contribution is 5.81. The van der Waals surface area contributed by atoms with Crippen LogP contribution in [0.2, 0.25) is 0 Å². The summed E-state index contributed by atoms with van der Waals surface area (Å²) >= 11 is 0. The smallest absolute Gasteiger partial charge is 0.224 e. The predicted octanol–water partition coefficient (Wildman–Crippen LogP) is 2.87. The number of nitrogens with zero attached hydrogens (tertiary/aromatic N) is 3. The molecule has 1 amide bonds. The fourth-order valence-corrected chi connectivity index (χ4v) is 2.55. The van der Waals surface area contributed by atoms with Gasteiger partial charge in [-0.15, -0.1) is 0 Å². The van der Waals surface area contributed by atoms with Gasteiger partial charge < -0.3 is 9.88 Å². The quantitative estimate of drug-likeness (QED) is 0.788. The number of amides is 1. The summed E-state index contributed by atoms with van der Waals surface area (Å²) in [5, 5.41) is 2.91. The number of benzene rings is 1. The second-order valence-corrected chi connectivity index (χ2v) is 5.88. The highest BCUT2D eigenvalue weighted by Crippen LogP contribution is 2.19. The number of fused-ring (bicyclic) bond motifs is 1. The third-order valence-corrected chi connectivity index (χ3v) is 3.77. The number of nitrogens with one attached hydrogen (secondary N) is 1. The molecule has 0 aliphatic rings. The van der Waals surface area contributed by atoms with E-state index in [0.717, 1.165) is 22.2 Å². The highest BCUT2D eigenvalue weighted by atomic mass is 16.1. The zero-order valence-corrected chi connectivity index (χ0v) is 13.4. The van der Waals surface area contributed by atoms with Crippen LogP contribution in [0.25, 0.3) is 11.0 Å². The summed E-state index contributed by atoms with van der Waals surface area (Å²) in [5.74, 6) is -0.00325. The molecule has 3 rings (SSSR count). The summed E-state index contributed by atoms with van der Waals surface area (Å²) in [6, 6.07) is 10.2. The van der Waals surface area contributed by atoms with Gasteiger partial charge in [-0.2, -0.15) is 0 Å². The lowest BCUT2D eigenvalue weighted by Gasteiger charge is -2.08. The molecule has 0 aliphatic heterocycles. The molecule has 2 aromatic heterocycles. The van der Waals surface area contributed by atoms with E-state index in [2.05, 4.69) is 33.7 Å². The van der Waals surface area contributed by atoms with Crippen molar-refractivity contribution in [2.45, 2.75) is 32.9 Å². The molecule has 0 radical (unpaired) electrons. The van der Waals surface area contributed by atoms with Crippen molar-refractivity contribution < 1.29 is 4.79 Å². The SMILES string of the molecule is CC(C)n1cnc2cc(CC(=O)NCc3cccnc3)ccc21. The molecule has 0 atom stereocenters. The van der Waals surface area contributed by atoms with Crippen molar-refractivity contribution in [3.8, 4) is 0 Å². The van der Waals surface area contributed by atoms with Crippen molar-refractivity contribution in [1.82, 2.24) is 19.9 Å². The van der Waals surface area contributed by atoms with Crippen LogP contribution in [-0.2, 0) is 17.8 Å². The first kappa shape index (κ1) is 15.2. The van der Waals surface area contributed by atoms with E-state index in [1.54, 1.807) is 12.4 Å². The van der Waals surface area contributed by atoms with Gasteiger partial charge in [-0.05, 0) is 43.2 Å². The van der Waals surface area contributed by atoms with Crippen LogP contribution in [0.1, 0.15) is 31.0 Å². The van der Waals surface area contributed by atoms with Crippen LogP contribution in [0.15, 0.2) is 49.1 Å². The van der Waals surface area contributed by atoms with Crippen molar-refractivity contribution in [3.63, 3.8) is 0 Å². The number of imidazole rings is 1. The number of carbonyl (C=O) groups is 1. The van der Waals surface area contributed by atoms with E-state index in [-0.39, 0.29) is 5.91 Å². The third-order valence-electron chi connectivity index (χ3n) is 3.77. The number of hydrogen-bond donors (Lipinski definition) is 1. The van der Waals surface area contributed by atoms with Gasteiger partial charge in [0.25, 0.3) is 0 Å². The largest absolute Gasteiger partial charge is 0.352 e. The van der Waals surface area contributed by atoms with E-state index in [1.807, 2.05) is 36.7 Å². The van der Waals surface area contributed by atoms with Gasteiger partial charge in [-0.3, -0.25) is 9.78 Å². The molecule has 0 saturated heterocycles. The van der Waals surface area contributed by atoms with E-state index in [9.17, 15) is 4.79 Å². The Balaban J connectivity index is 1.65. The van der Waals surface area contributed by atoms with E-state index in [4.69, 9.17) is 0 Å². The Morgan fingerprint density at radius 2 is 2.13 bits per heavy atom. The molecular weight excluding hydrogens is 288 g/mol. The average molecular weight is 308 g/mol. The van der Waals surface area contributed by atoms with E-state index in [0.29, 0.717) is 19.0 Å². The lowest BCUT2D eigenvalue weighted by atomic mass is 10.1. The molecule has 0 unspecified atom stereocenters. The number of aromatic nitrogens is 3. The number of carbonyl (C=O) groups excluding carboxylic acids is 1. The van der Waals surface area contributed by atoms with Gasteiger partial charge in [0.05, 0.1) is 23.8 Å². The Morgan fingerprint density at radius 3 is 2.87 bits per heavy atom. The number of pyridine rings is 1. The van der Waals surface area contributed by atoms with Crippen LogP contribution in [0.3, 0.4) is 0 Å². The predicted molar refractivity (Wildman–Crippen MR) is 89.9 cm³/mol. The third kappa shape index (κ3) is 3.56. The summed E-state index contributed by atoms with van der Waals surface area (Å²) in [5.41, 5.74) is 3.98. The van der Waals surface area contributed by atoms with Gasteiger partial charge in [0.1, 0.15) is 0 Å². The first-order valence-corrected chi connectivity index (χ1v) is 7.74. The zero-order valence-electron chi connectivity index (χ0n) is 13.4. The topological polar surface area (TPSA) is 59.8 Å². The van der Waals surface area contributed by atoms with Crippen LogP contribution < -0.4 is 5.32 Å². The van der Waals surface area contributed by atoms with Crippen LogP contribution in [0.4, 0.5) is 0 Å². The molecule has 3 aromatic rings. The van der Waals surface area contributed by atoms with Crippen molar-refractivity contribution in [1.29, 1.82) is 0 Å².